The molecule has 0 aliphatic rings. The molecular formula is C19H22FN5O2. The van der Waals surface area contributed by atoms with E-state index in [4.69, 9.17) is 5.11 Å². The lowest BCUT2D eigenvalue weighted by Crippen LogP contribution is -2.36. The molecule has 0 aromatic carbocycles. The van der Waals surface area contributed by atoms with Crippen LogP contribution in [-0.4, -0.2) is 37.1 Å². The number of aryl methyl sites for hydroxylation is 1. The lowest BCUT2D eigenvalue weighted by molar-refractivity contribution is -0.137. The van der Waals surface area contributed by atoms with Crippen molar-refractivity contribution < 1.29 is 14.3 Å². The number of nitrogens with one attached hydrogen (secondary N) is 2. The summed E-state index contributed by atoms with van der Waals surface area (Å²) in [6, 6.07) is 1.45. The average molecular weight is 371 g/mol. The van der Waals surface area contributed by atoms with Crippen LogP contribution in [0.1, 0.15) is 32.8 Å². The second-order valence-electron chi connectivity index (χ2n) is 7.66. The van der Waals surface area contributed by atoms with E-state index in [1.165, 1.54) is 0 Å². The maximum atomic E-state index is 14.3. The van der Waals surface area contributed by atoms with Crippen molar-refractivity contribution in [3.05, 3.63) is 36.0 Å². The zero-order valence-corrected chi connectivity index (χ0v) is 15.7. The van der Waals surface area contributed by atoms with Gasteiger partial charge in [-0.15, -0.1) is 0 Å². The molecule has 0 saturated heterocycles. The first-order valence-corrected chi connectivity index (χ1v) is 8.60. The van der Waals surface area contributed by atoms with E-state index >= 15 is 0 Å². The average Bonchev–Trinajstić information content (AvgIpc) is 2.98. The van der Waals surface area contributed by atoms with Crippen LogP contribution in [0.3, 0.4) is 0 Å². The van der Waals surface area contributed by atoms with Crippen molar-refractivity contribution in [3.63, 3.8) is 0 Å². The number of hydrogen-bond acceptors (Lipinski definition) is 5. The molecule has 0 bridgehead atoms. The van der Waals surface area contributed by atoms with Crippen LogP contribution < -0.4 is 5.32 Å². The minimum Gasteiger partial charge on any atom is -0.481 e. The molecule has 1 unspecified atom stereocenters. The monoisotopic (exact) mass is 371 g/mol. The molecule has 0 radical (unpaired) electrons. The summed E-state index contributed by atoms with van der Waals surface area (Å²) in [6.45, 7) is 7.60. The number of halogens is 1. The highest BCUT2D eigenvalue weighted by Gasteiger charge is 2.28. The van der Waals surface area contributed by atoms with E-state index in [1.807, 2.05) is 33.8 Å². The Kier molecular flexibility index (Phi) is 4.82. The summed E-state index contributed by atoms with van der Waals surface area (Å²) in [5.74, 6) is -1.28. The highest BCUT2D eigenvalue weighted by molar-refractivity contribution is 5.92. The number of aromatic nitrogens is 4. The van der Waals surface area contributed by atoms with Gasteiger partial charge in [0.25, 0.3) is 0 Å². The maximum absolute atomic E-state index is 14.3. The maximum Gasteiger partial charge on any atom is 0.305 e. The molecule has 0 aliphatic carbocycles. The first-order chi connectivity index (χ1) is 12.6. The number of anilines is 1. The van der Waals surface area contributed by atoms with Crippen molar-refractivity contribution in [2.75, 3.05) is 5.32 Å². The van der Waals surface area contributed by atoms with Crippen molar-refractivity contribution >= 4 is 22.8 Å². The second kappa shape index (κ2) is 6.94. The first kappa shape index (κ1) is 18.8. The van der Waals surface area contributed by atoms with E-state index in [0.29, 0.717) is 17.0 Å². The number of aromatic amines is 1. The van der Waals surface area contributed by atoms with Crippen LogP contribution in [0.4, 0.5) is 10.2 Å². The molecule has 0 spiro atoms. The molecular weight excluding hydrogens is 349 g/mol. The number of fused-ring (bicyclic) bond motifs is 1. The van der Waals surface area contributed by atoms with E-state index in [-0.39, 0.29) is 12.2 Å². The number of H-pyrrole nitrogens is 1. The van der Waals surface area contributed by atoms with E-state index < -0.39 is 23.2 Å². The van der Waals surface area contributed by atoms with Gasteiger partial charge in [0.2, 0.25) is 0 Å². The first-order valence-electron chi connectivity index (χ1n) is 8.60. The third-order valence-corrected chi connectivity index (χ3v) is 4.39. The lowest BCUT2D eigenvalue weighted by atomic mass is 9.85. The largest absolute Gasteiger partial charge is 0.481 e. The second-order valence-corrected chi connectivity index (χ2v) is 7.66. The van der Waals surface area contributed by atoms with Crippen LogP contribution >= 0.6 is 0 Å². The highest BCUT2D eigenvalue weighted by atomic mass is 19.1. The topological polar surface area (TPSA) is 104 Å². The number of hydrogen-bond donors (Lipinski definition) is 3. The fourth-order valence-electron chi connectivity index (χ4n) is 2.80. The summed E-state index contributed by atoms with van der Waals surface area (Å²) >= 11 is 0. The van der Waals surface area contributed by atoms with Gasteiger partial charge in [-0.1, -0.05) is 20.8 Å². The van der Waals surface area contributed by atoms with Crippen molar-refractivity contribution in [1.29, 1.82) is 0 Å². The Balaban J connectivity index is 2.01. The molecule has 142 valence electrons. The zero-order valence-electron chi connectivity index (χ0n) is 15.7. The van der Waals surface area contributed by atoms with Gasteiger partial charge >= 0.3 is 5.97 Å². The Morgan fingerprint density at radius 2 is 2.07 bits per heavy atom. The van der Waals surface area contributed by atoms with Crippen molar-refractivity contribution in [2.24, 2.45) is 5.41 Å². The number of carbonyl (C=O) groups is 1. The Morgan fingerprint density at radius 3 is 2.74 bits per heavy atom. The Morgan fingerprint density at radius 1 is 1.33 bits per heavy atom. The van der Waals surface area contributed by atoms with Gasteiger partial charge in [0, 0.05) is 29.4 Å². The highest BCUT2D eigenvalue weighted by Crippen LogP contribution is 2.29. The summed E-state index contributed by atoms with van der Waals surface area (Å²) in [7, 11) is 0. The molecule has 3 rings (SSSR count). The van der Waals surface area contributed by atoms with E-state index in [0.717, 1.165) is 17.1 Å². The predicted molar refractivity (Wildman–Crippen MR) is 101 cm³/mol. The number of rotatable bonds is 5. The van der Waals surface area contributed by atoms with Crippen LogP contribution in [0, 0.1) is 18.2 Å². The van der Waals surface area contributed by atoms with Gasteiger partial charge in [0.15, 0.2) is 17.5 Å². The fraction of sp³-hybridized carbons (Fsp3) is 0.368. The summed E-state index contributed by atoms with van der Waals surface area (Å²) in [5, 5.41) is 13.0. The number of carboxylic acid groups (broad SMARTS) is 1. The number of pyridine rings is 1. The SMILES string of the molecule is Cc1cnc2[nH]cc(-c3ncc(F)c(NC(CC(=O)O)C(C)(C)C)n3)c2c1. The van der Waals surface area contributed by atoms with Crippen LogP contribution in [0.5, 0.6) is 0 Å². The molecule has 7 nitrogen and oxygen atoms in total. The predicted octanol–water partition coefficient (Wildman–Crippen LogP) is 3.77. The lowest BCUT2D eigenvalue weighted by Gasteiger charge is -2.30. The van der Waals surface area contributed by atoms with Crippen LogP contribution in [0.2, 0.25) is 0 Å². The molecule has 1 atom stereocenters. The molecule has 0 saturated carbocycles. The van der Waals surface area contributed by atoms with E-state index in [9.17, 15) is 9.18 Å². The van der Waals surface area contributed by atoms with Crippen LogP contribution in [0.25, 0.3) is 22.4 Å². The van der Waals surface area contributed by atoms with Gasteiger partial charge in [-0.3, -0.25) is 4.79 Å². The van der Waals surface area contributed by atoms with Crippen molar-refractivity contribution in [3.8, 4) is 11.4 Å². The van der Waals surface area contributed by atoms with Gasteiger partial charge in [-0.25, -0.2) is 19.3 Å². The Hall–Kier alpha value is -3.03. The molecule has 0 amide bonds. The van der Waals surface area contributed by atoms with Gasteiger partial charge in [-0.05, 0) is 24.0 Å². The Bertz CT molecular complexity index is 993. The number of aliphatic carboxylic acids is 1. The third-order valence-electron chi connectivity index (χ3n) is 4.39. The molecule has 0 aliphatic heterocycles. The normalized spacial score (nSPS) is 12.9. The van der Waals surface area contributed by atoms with Gasteiger partial charge in [0.05, 0.1) is 12.6 Å². The molecule has 0 fully saturated rings. The fourth-order valence-corrected chi connectivity index (χ4v) is 2.80. The van der Waals surface area contributed by atoms with Gasteiger partial charge in [0.1, 0.15) is 5.65 Å². The molecule has 8 heteroatoms. The quantitative estimate of drug-likeness (QED) is 0.631. The molecule has 3 aromatic heterocycles. The molecule has 3 heterocycles. The van der Waals surface area contributed by atoms with Crippen molar-refractivity contribution in [2.45, 2.75) is 40.2 Å². The molecule has 27 heavy (non-hydrogen) atoms. The summed E-state index contributed by atoms with van der Waals surface area (Å²) in [4.78, 5) is 27.0. The summed E-state index contributed by atoms with van der Waals surface area (Å²) in [5.41, 5.74) is 1.97. The van der Waals surface area contributed by atoms with Gasteiger partial charge in [-0.2, -0.15) is 0 Å². The standard InChI is InChI=1S/C19H22FN5O2/c1-10-5-11-12(8-22-16(11)21-7-10)17-23-9-13(20)18(25-17)24-14(6-15(26)27)19(2,3)4/h5,7-9,14H,6H2,1-4H3,(H,21,22)(H,26,27)(H,23,24,25). The zero-order chi connectivity index (χ0) is 19.8. The number of nitrogens with zero attached hydrogens (tertiary/aromatic N) is 3. The van der Waals surface area contributed by atoms with Crippen LogP contribution in [-0.2, 0) is 4.79 Å². The minimum absolute atomic E-state index is 0.0175. The summed E-state index contributed by atoms with van der Waals surface area (Å²) in [6.07, 6.45) is 4.42. The molecule has 3 aromatic rings. The van der Waals surface area contributed by atoms with Crippen LogP contribution in [0.15, 0.2) is 24.7 Å². The van der Waals surface area contributed by atoms with Crippen molar-refractivity contribution in [1.82, 2.24) is 19.9 Å². The van der Waals surface area contributed by atoms with E-state index in [2.05, 4.69) is 25.3 Å². The molecule has 3 N–H and O–H groups in total. The number of carboxylic acids is 1. The Labute approximate surface area is 156 Å². The minimum atomic E-state index is -0.963. The van der Waals surface area contributed by atoms with Gasteiger partial charge < -0.3 is 15.4 Å². The smallest absolute Gasteiger partial charge is 0.305 e. The third kappa shape index (κ3) is 4.05. The van der Waals surface area contributed by atoms with E-state index in [1.54, 1.807) is 12.4 Å². The summed E-state index contributed by atoms with van der Waals surface area (Å²) < 4.78 is 14.3.